The maximum absolute atomic E-state index is 11.8. The van der Waals surface area contributed by atoms with Gasteiger partial charge in [-0.2, -0.15) is 0 Å². The van der Waals surface area contributed by atoms with E-state index < -0.39 is 5.54 Å². The molecule has 0 radical (unpaired) electrons. The Morgan fingerprint density at radius 2 is 1.93 bits per heavy atom. The van der Waals surface area contributed by atoms with Gasteiger partial charge in [0, 0.05) is 18.6 Å². The van der Waals surface area contributed by atoms with Crippen LogP contribution in [0.5, 0.6) is 0 Å². The molecule has 0 aromatic heterocycles. The molecule has 1 unspecified atom stereocenters. The highest BCUT2D eigenvalue weighted by molar-refractivity contribution is 6.03. The summed E-state index contributed by atoms with van der Waals surface area (Å²) in [4.78, 5) is 26.3. The van der Waals surface area contributed by atoms with E-state index in [2.05, 4.69) is 0 Å². The second-order valence-corrected chi connectivity index (χ2v) is 4.66. The first-order valence-electron chi connectivity index (χ1n) is 5.19. The first kappa shape index (κ1) is 12.0. The van der Waals surface area contributed by atoms with E-state index in [0.717, 1.165) is 0 Å². The lowest BCUT2D eigenvalue weighted by Gasteiger charge is -2.27. The highest BCUT2D eigenvalue weighted by Crippen LogP contribution is 2.18. The van der Waals surface area contributed by atoms with E-state index in [4.69, 9.17) is 5.73 Å². The summed E-state index contributed by atoms with van der Waals surface area (Å²) in [6, 6.07) is -0.617. The predicted molar refractivity (Wildman–Crippen MR) is 57.2 cm³/mol. The maximum Gasteiger partial charge on any atom is 0.327 e. The third-order valence-electron chi connectivity index (χ3n) is 2.46. The van der Waals surface area contributed by atoms with Crippen molar-refractivity contribution >= 4 is 11.9 Å². The van der Waals surface area contributed by atoms with Crippen LogP contribution in [-0.2, 0) is 4.79 Å². The maximum atomic E-state index is 11.8. The average molecular weight is 213 g/mol. The fourth-order valence-corrected chi connectivity index (χ4v) is 1.71. The number of imide groups is 1. The first-order chi connectivity index (χ1) is 6.78. The molecular weight excluding hydrogens is 194 g/mol. The zero-order valence-electron chi connectivity index (χ0n) is 9.78. The predicted octanol–water partition coefficient (Wildman–Crippen LogP) is 0.396. The number of likely N-dealkylation sites (N-methyl/N-ethyl adjacent to an activating group) is 1. The van der Waals surface area contributed by atoms with E-state index in [0.29, 0.717) is 13.1 Å². The van der Waals surface area contributed by atoms with Crippen molar-refractivity contribution in [2.24, 2.45) is 5.73 Å². The van der Waals surface area contributed by atoms with Crippen molar-refractivity contribution in [3.63, 3.8) is 0 Å². The van der Waals surface area contributed by atoms with Crippen molar-refractivity contribution in [2.75, 3.05) is 13.1 Å². The van der Waals surface area contributed by atoms with Crippen LogP contribution in [-0.4, -0.2) is 46.4 Å². The number of nitrogens with zero attached hydrogens (tertiary/aromatic N) is 2. The molecule has 3 amide bonds. The average Bonchev–Trinajstić information content (AvgIpc) is 2.28. The van der Waals surface area contributed by atoms with Crippen molar-refractivity contribution in [1.29, 1.82) is 0 Å². The topological polar surface area (TPSA) is 66.6 Å². The zero-order chi connectivity index (χ0) is 11.8. The van der Waals surface area contributed by atoms with Crippen LogP contribution in [0.2, 0.25) is 0 Å². The van der Waals surface area contributed by atoms with Gasteiger partial charge in [-0.1, -0.05) is 0 Å². The van der Waals surface area contributed by atoms with Gasteiger partial charge in [-0.05, 0) is 27.7 Å². The van der Waals surface area contributed by atoms with Crippen molar-refractivity contribution in [3.8, 4) is 0 Å². The molecule has 1 saturated heterocycles. The number of urea groups is 1. The normalized spacial score (nSPS) is 22.9. The minimum atomic E-state index is -0.478. The summed E-state index contributed by atoms with van der Waals surface area (Å²) in [5.41, 5.74) is 5.37. The quantitative estimate of drug-likeness (QED) is 0.690. The largest absolute Gasteiger partial charge is 0.327 e. The van der Waals surface area contributed by atoms with E-state index in [1.54, 1.807) is 13.8 Å². The van der Waals surface area contributed by atoms with Gasteiger partial charge in [-0.3, -0.25) is 9.69 Å². The number of carbonyl (C=O) groups is 2. The minimum Gasteiger partial charge on any atom is -0.324 e. The lowest BCUT2D eigenvalue weighted by molar-refractivity contribution is -0.127. The Hall–Kier alpha value is -1.10. The molecule has 1 rings (SSSR count). The first-order valence-corrected chi connectivity index (χ1v) is 5.19. The number of hydrogen-bond acceptors (Lipinski definition) is 3. The molecule has 1 fully saturated rings. The molecule has 0 aliphatic carbocycles. The van der Waals surface area contributed by atoms with Gasteiger partial charge in [-0.15, -0.1) is 0 Å². The second kappa shape index (κ2) is 3.81. The van der Waals surface area contributed by atoms with E-state index >= 15 is 0 Å². The van der Waals surface area contributed by atoms with E-state index in [1.165, 1.54) is 9.80 Å². The van der Waals surface area contributed by atoms with Crippen LogP contribution in [0.3, 0.4) is 0 Å². The number of rotatable bonds is 3. The third kappa shape index (κ3) is 2.28. The van der Waals surface area contributed by atoms with Crippen LogP contribution in [0, 0.1) is 0 Å². The molecule has 1 atom stereocenters. The Bertz CT molecular complexity index is 283. The molecule has 2 N–H and O–H groups in total. The Labute approximate surface area is 90.2 Å². The van der Waals surface area contributed by atoms with Gasteiger partial charge in [-0.25, -0.2) is 4.79 Å². The van der Waals surface area contributed by atoms with Crippen LogP contribution in [0.25, 0.3) is 0 Å². The Kier molecular flexibility index (Phi) is 3.04. The van der Waals surface area contributed by atoms with Gasteiger partial charge in [0.15, 0.2) is 0 Å². The molecule has 1 heterocycles. The molecule has 1 aliphatic heterocycles. The summed E-state index contributed by atoms with van der Waals surface area (Å²) in [6.45, 7) is 8.03. The molecular formula is C10H19N3O2. The standard InChI is InChI=1S/C10H19N3O2/c1-5-12-8(14)7(2)13(9(12)15)6-10(3,4)11/h7H,5-6,11H2,1-4H3. The lowest BCUT2D eigenvalue weighted by Crippen LogP contribution is -2.48. The highest BCUT2D eigenvalue weighted by Gasteiger charge is 2.42. The molecule has 0 spiro atoms. The van der Waals surface area contributed by atoms with E-state index in [1.807, 2.05) is 13.8 Å². The van der Waals surface area contributed by atoms with Gasteiger partial charge in [0.05, 0.1) is 0 Å². The monoisotopic (exact) mass is 213 g/mol. The third-order valence-corrected chi connectivity index (χ3v) is 2.46. The second-order valence-electron chi connectivity index (χ2n) is 4.66. The molecule has 0 bridgehead atoms. The van der Waals surface area contributed by atoms with Gasteiger partial charge in [0.1, 0.15) is 6.04 Å². The molecule has 5 nitrogen and oxygen atoms in total. The van der Waals surface area contributed by atoms with Crippen LogP contribution < -0.4 is 5.73 Å². The van der Waals surface area contributed by atoms with Crippen molar-refractivity contribution in [1.82, 2.24) is 9.80 Å². The molecule has 5 heteroatoms. The molecule has 15 heavy (non-hydrogen) atoms. The molecule has 0 saturated carbocycles. The van der Waals surface area contributed by atoms with E-state index in [9.17, 15) is 9.59 Å². The summed E-state index contributed by atoms with van der Waals surface area (Å²) in [5, 5.41) is 0. The zero-order valence-corrected chi connectivity index (χ0v) is 9.78. The highest BCUT2D eigenvalue weighted by atomic mass is 16.2. The Morgan fingerprint density at radius 3 is 2.27 bits per heavy atom. The smallest absolute Gasteiger partial charge is 0.324 e. The number of amides is 3. The number of nitrogens with two attached hydrogens (primary N) is 1. The van der Waals surface area contributed by atoms with Crippen LogP contribution in [0.4, 0.5) is 4.79 Å². The lowest BCUT2D eigenvalue weighted by atomic mass is 10.1. The van der Waals surface area contributed by atoms with Crippen molar-refractivity contribution < 1.29 is 9.59 Å². The summed E-state index contributed by atoms with van der Waals surface area (Å²) in [5.74, 6) is -0.133. The van der Waals surface area contributed by atoms with Gasteiger partial charge in [0.2, 0.25) is 0 Å². The fraction of sp³-hybridized carbons (Fsp3) is 0.800. The summed E-state index contributed by atoms with van der Waals surface area (Å²) < 4.78 is 0. The summed E-state index contributed by atoms with van der Waals surface area (Å²) in [7, 11) is 0. The van der Waals surface area contributed by atoms with Crippen LogP contribution in [0.1, 0.15) is 27.7 Å². The SMILES string of the molecule is CCN1C(=O)C(C)N(CC(C)(C)N)C1=O. The van der Waals surface area contributed by atoms with Crippen molar-refractivity contribution in [3.05, 3.63) is 0 Å². The van der Waals surface area contributed by atoms with Crippen LogP contribution in [0.15, 0.2) is 0 Å². The van der Waals surface area contributed by atoms with Gasteiger partial charge >= 0.3 is 6.03 Å². The molecule has 0 aromatic rings. The van der Waals surface area contributed by atoms with Gasteiger partial charge < -0.3 is 10.6 Å². The fourth-order valence-electron chi connectivity index (χ4n) is 1.71. The number of carbonyl (C=O) groups excluding carboxylic acids is 2. The molecule has 0 aromatic carbocycles. The van der Waals surface area contributed by atoms with Gasteiger partial charge in [0.25, 0.3) is 5.91 Å². The van der Waals surface area contributed by atoms with E-state index in [-0.39, 0.29) is 18.0 Å². The summed E-state index contributed by atoms with van der Waals surface area (Å²) >= 11 is 0. The minimum absolute atomic E-state index is 0.133. The summed E-state index contributed by atoms with van der Waals surface area (Å²) in [6.07, 6.45) is 0. The van der Waals surface area contributed by atoms with Crippen molar-refractivity contribution in [2.45, 2.75) is 39.3 Å². The molecule has 1 aliphatic rings. The Morgan fingerprint density at radius 1 is 1.40 bits per heavy atom. The van der Waals surface area contributed by atoms with Crippen LogP contribution >= 0.6 is 0 Å². The molecule has 86 valence electrons. The number of hydrogen-bond donors (Lipinski definition) is 1. The Balaban J connectivity index is 2.83.